The summed E-state index contributed by atoms with van der Waals surface area (Å²) in [5.74, 6) is 0. The molecule has 0 radical (unpaired) electrons. The van der Waals surface area contributed by atoms with E-state index in [-0.39, 0.29) is 6.04 Å². The van der Waals surface area contributed by atoms with E-state index in [1.165, 1.54) is 11.3 Å². The zero-order valence-corrected chi connectivity index (χ0v) is 14.9. The van der Waals surface area contributed by atoms with Gasteiger partial charge in [0.1, 0.15) is 4.21 Å². The first-order valence-electron chi connectivity index (χ1n) is 7.83. The number of thiophene rings is 1. The molecule has 2 N–H and O–H groups in total. The molecule has 0 saturated heterocycles. The lowest BCUT2D eigenvalue weighted by Crippen LogP contribution is -2.34. The quantitative estimate of drug-likeness (QED) is 0.652. The van der Waals surface area contributed by atoms with Crippen LogP contribution in [-0.4, -0.2) is 21.0 Å². The highest BCUT2D eigenvalue weighted by Gasteiger charge is 2.21. The van der Waals surface area contributed by atoms with Gasteiger partial charge in [0.2, 0.25) is 10.0 Å². The van der Waals surface area contributed by atoms with Crippen LogP contribution in [0.1, 0.15) is 58.4 Å². The van der Waals surface area contributed by atoms with Crippen molar-refractivity contribution in [1.29, 1.82) is 0 Å². The summed E-state index contributed by atoms with van der Waals surface area (Å²) in [6.07, 6.45) is 4.96. The highest BCUT2D eigenvalue weighted by atomic mass is 32.2. The van der Waals surface area contributed by atoms with E-state index in [4.69, 9.17) is 0 Å². The number of sulfonamides is 1. The minimum Gasteiger partial charge on any atom is -0.313 e. The largest absolute Gasteiger partial charge is 0.313 e. The minimum atomic E-state index is -3.38. The summed E-state index contributed by atoms with van der Waals surface area (Å²) in [6, 6.07) is 1.83. The average Bonchev–Trinajstić information content (AvgIpc) is 2.92. The molecule has 1 rings (SSSR count). The van der Waals surface area contributed by atoms with Crippen molar-refractivity contribution in [2.45, 2.75) is 69.7 Å². The third-order valence-corrected chi connectivity index (χ3v) is 6.35. The number of rotatable bonds is 11. The van der Waals surface area contributed by atoms with E-state index < -0.39 is 10.0 Å². The second-order valence-corrected chi connectivity index (χ2v) is 8.16. The molecule has 0 aliphatic heterocycles. The van der Waals surface area contributed by atoms with E-state index in [1.807, 2.05) is 12.3 Å². The molecule has 6 heteroatoms. The molecule has 122 valence electrons. The molecule has 0 amide bonds. The fourth-order valence-electron chi connectivity index (χ4n) is 2.19. The van der Waals surface area contributed by atoms with Gasteiger partial charge in [0.25, 0.3) is 0 Å². The van der Waals surface area contributed by atoms with Crippen molar-refractivity contribution < 1.29 is 8.42 Å². The Morgan fingerprint density at radius 2 is 1.95 bits per heavy atom. The van der Waals surface area contributed by atoms with Gasteiger partial charge in [0.05, 0.1) is 0 Å². The first-order valence-corrected chi connectivity index (χ1v) is 10.2. The van der Waals surface area contributed by atoms with Crippen molar-refractivity contribution in [3.05, 3.63) is 17.0 Å². The van der Waals surface area contributed by atoms with Gasteiger partial charge in [-0.2, -0.15) is 0 Å². The molecule has 0 aromatic carbocycles. The standard InChI is InChI=1S/C15H28N2O2S2/c1-4-7-9-14(8-5-2)17-21(18,19)15-10-13(12-20-15)11-16-6-3/h10,12,14,16-17H,4-9,11H2,1-3H3. The second kappa shape index (κ2) is 9.56. The van der Waals surface area contributed by atoms with Gasteiger partial charge in [-0.05, 0) is 36.4 Å². The van der Waals surface area contributed by atoms with E-state index in [1.54, 1.807) is 6.07 Å². The third kappa shape index (κ3) is 6.46. The van der Waals surface area contributed by atoms with Gasteiger partial charge in [0.15, 0.2) is 0 Å². The molecule has 1 aromatic heterocycles. The predicted molar refractivity (Wildman–Crippen MR) is 90.2 cm³/mol. The maximum absolute atomic E-state index is 12.4. The van der Waals surface area contributed by atoms with Crippen molar-refractivity contribution >= 4 is 21.4 Å². The zero-order chi connectivity index (χ0) is 15.7. The summed E-state index contributed by atoms with van der Waals surface area (Å²) in [7, 11) is -3.38. The van der Waals surface area contributed by atoms with Crippen molar-refractivity contribution in [1.82, 2.24) is 10.0 Å². The molecule has 0 fully saturated rings. The van der Waals surface area contributed by atoms with Crippen molar-refractivity contribution in [2.24, 2.45) is 0 Å². The van der Waals surface area contributed by atoms with Crippen LogP contribution >= 0.6 is 11.3 Å². The van der Waals surface area contributed by atoms with Crippen LogP contribution in [0, 0.1) is 0 Å². The van der Waals surface area contributed by atoms with Crippen LogP contribution in [0.3, 0.4) is 0 Å². The number of nitrogens with one attached hydrogen (secondary N) is 2. The topological polar surface area (TPSA) is 58.2 Å². The van der Waals surface area contributed by atoms with Crippen LogP contribution in [0.4, 0.5) is 0 Å². The maximum atomic E-state index is 12.4. The Balaban J connectivity index is 2.71. The molecule has 1 unspecified atom stereocenters. The van der Waals surface area contributed by atoms with Gasteiger partial charge in [-0.25, -0.2) is 13.1 Å². The summed E-state index contributed by atoms with van der Waals surface area (Å²) in [4.78, 5) is 0. The smallest absolute Gasteiger partial charge is 0.250 e. The lowest BCUT2D eigenvalue weighted by atomic mass is 10.1. The summed E-state index contributed by atoms with van der Waals surface area (Å²) in [5.41, 5.74) is 1.03. The third-order valence-electron chi connectivity index (χ3n) is 3.34. The molecule has 0 aliphatic carbocycles. The van der Waals surface area contributed by atoms with Crippen molar-refractivity contribution in [3.63, 3.8) is 0 Å². The summed E-state index contributed by atoms with van der Waals surface area (Å²) >= 11 is 1.30. The molecular weight excluding hydrogens is 304 g/mol. The molecule has 1 aromatic rings. The SMILES string of the molecule is CCCCC(CCC)NS(=O)(=O)c1cc(CNCC)cs1. The van der Waals surface area contributed by atoms with Crippen LogP contribution < -0.4 is 10.0 Å². The number of unbranched alkanes of at least 4 members (excludes halogenated alkanes) is 1. The average molecular weight is 333 g/mol. The van der Waals surface area contributed by atoms with Gasteiger partial charge < -0.3 is 5.32 Å². The Morgan fingerprint density at radius 3 is 2.57 bits per heavy atom. The maximum Gasteiger partial charge on any atom is 0.250 e. The molecule has 0 saturated carbocycles. The minimum absolute atomic E-state index is 0.0549. The van der Waals surface area contributed by atoms with Gasteiger partial charge in [-0.15, -0.1) is 11.3 Å². The van der Waals surface area contributed by atoms with Gasteiger partial charge >= 0.3 is 0 Å². The molecule has 1 atom stereocenters. The highest BCUT2D eigenvalue weighted by Crippen LogP contribution is 2.21. The number of hydrogen-bond donors (Lipinski definition) is 2. The number of hydrogen-bond acceptors (Lipinski definition) is 4. The lowest BCUT2D eigenvalue weighted by molar-refractivity contribution is 0.484. The van der Waals surface area contributed by atoms with Crippen LogP contribution in [0.15, 0.2) is 15.7 Å². The molecule has 0 spiro atoms. The van der Waals surface area contributed by atoms with Crippen LogP contribution in [0.25, 0.3) is 0 Å². The predicted octanol–water partition coefficient (Wildman–Crippen LogP) is 3.49. The summed E-state index contributed by atoms with van der Waals surface area (Å²) < 4.78 is 28.2. The van der Waals surface area contributed by atoms with Crippen molar-refractivity contribution in [3.8, 4) is 0 Å². The van der Waals surface area contributed by atoms with E-state index >= 15 is 0 Å². The van der Waals surface area contributed by atoms with E-state index in [2.05, 4.69) is 23.9 Å². The van der Waals surface area contributed by atoms with E-state index in [0.717, 1.165) is 50.8 Å². The second-order valence-electron chi connectivity index (χ2n) is 5.30. The molecule has 4 nitrogen and oxygen atoms in total. The van der Waals surface area contributed by atoms with Gasteiger partial charge in [0, 0.05) is 12.6 Å². The Labute approximate surface area is 133 Å². The molecule has 0 aliphatic rings. The monoisotopic (exact) mass is 332 g/mol. The van der Waals surface area contributed by atoms with Crippen LogP contribution in [-0.2, 0) is 16.6 Å². The van der Waals surface area contributed by atoms with Crippen LogP contribution in [0.2, 0.25) is 0 Å². The lowest BCUT2D eigenvalue weighted by Gasteiger charge is -2.17. The Morgan fingerprint density at radius 1 is 1.19 bits per heavy atom. The van der Waals surface area contributed by atoms with Gasteiger partial charge in [-0.3, -0.25) is 0 Å². The van der Waals surface area contributed by atoms with Crippen LogP contribution in [0.5, 0.6) is 0 Å². The molecule has 21 heavy (non-hydrogen) atoms. The van der Waals surface area contributed by atoms with Gasteiger partial charge in [-0.1, -0.05) is 40.0 Å². The first kappa shape index (κ1) is 18.6. The molecule has 1 heterocycles. The van der Waals surface area contributed by atoms with E-state index in [0.29, 0.717) is 4.21 Å². The zero-order valence-electron chi connectivity index (χ0n) is 13.3. The van der Waals surface area contributed by atoms with E-state index in [9.17, 15) is 8.42 Å². The fraction of sp³-hybridized carbons (Fsp3) is 0.733. The normalized spacial score (nSPS) is 13.5. The Kier molecular flexibility index (Phi) is 8.48. The van der Waals surface area contributed by atoms with Crippen molar-refractivity contribution in [2.75, 3.05) is 6.54 Å². The highest BCUT2D eigenvalue weighted by molar-refractivity contribution is 7.91. The molecule has 0 bridgehead atoms. The summed E-state index contributed by atoms with van der Waals surface area (Å²) in [6.45, 7) is 7.86. The summed E-state index contributed by atoms with van der Waals surface area (Å²) in [5, 5.41) is 5.12. The Hall–Kier alpha value is -0.430. The Bertz CT molecular complexity index is 498. The molecular formula is C15H28N2O2S2. The first-order chi connectivity index (χ1) is 10.0. The fourth-order valence-corrected chi connectivity index (χ4v) is 4.73.